The molecule has 0 radical (unpaired) electrons. The summed E-state index contributed by atoms with van der Waals surface area (Å²) in [5.74, 6) is -1.23. The Labute approximate surface area is 82.9 Å². The number of hydrogen-bond acceptors (Lipinski definition) is 4. The molecule has 0 aliphatic heterocycles. The van der Waals surface area contributed by atoms with E-state index in [1.807, 2.05) is 0 Å². The summed E-state index contributed by atoms with van der Waals surface area (Å²) in [7, 11) is -4.54. The normalized spacial score (nSPS) is 13.8. The second-order valence-electron chi connectivity index (χ2n) is 3.23. The van der Waals surface area contributed by atoms with Gasteiger partial charge >= 0.3 is 5.91 Å². The van der Waals surface area contributed by atoms with Gasteiger partial charge in [-0.15, -0.1) is 0 Å². The van der Waals surface area contributed by atoms with Gasteiger partial charge in [0.05, 0.1) is 0 Å². The van der Waals surface area contributed by atoms with Crippen LogP contribution in [0.4, 0.5) is 0 Å². The Morgan fingerprint density at radius 3 is 2.14 bits per heavy atom. The first kappa shape index (κ1) is 13.1. The molecule has 7 heteroatoms. The van der Waals surface area contributed by atoms with E-state index in [1.54, 1.807) is 0 Å². The van der Waals surface area contributed by atoms with Crippen LogP contribution < -0.4 is 11.1 Å². The molecule has 1 amide bonds. The largest absolute Gasteiger partial charge is 0.746 e. The number of carbonyl (C=O) groups is 1. The first-order chi connectivity index (χ1) is 6.16. The third kappa shape index (κ3) is 3.86. The molecule has 1 unspecified atom stereocenters. The highest BCUT2D eigenvalue weighted by Gasteiger charge is 2.23. The fourth-order valence-corrected chi connectivity index (χ4v) is 1.72. The molecule has 0 aromatic carbocycles. The fraction of sp³-hybridized carbons (Fsp3) is 0.571. The van der Waals surface area contributed by atoms with Crippen molar-refractivity contribution in [1.82, 2.24) is 5.32 Å². The molecular weight excluding hydrogens is 208 g/mol. The molecule has 4 N–H and O–H groups in total. The first-order valence-corrected chi connectivity index (χ1v) is 5.40. The molecule has 0 aromatic rings. The second-order valence-corrected chi connectivity index (χ2v) is 4.73. The lowest BCUT2D eigenvalue weighted by molar-refractivity contribution is -0.298. The van der Waals surface area contributed by atoms with Gasteiger partial charge in [0.25, 0.3) is 0 Å². The molecule has 0 heterocycles. The van der Waals surface area contributed by atoms with Gasteiger partial charge in [-0.25, -0.2) is 8.42 Å². The Morgan fingerprint density at radius 1 is 1.50 bits per heavy atom. The van der Waals surface area contributed by atoms with Crippen molar-refractivity contribution in [2.75, 3.05) is 0 Å². The predicted octanol–water partition coefficient (Wildman–Crippen LogP) is -1.61. The van der Waals surface area contributed by atoms with Gasteiger partial charge in [0.15, 0.2) is 5.70 Å². The minimum atomic E-state index is -4.54. The van der Waals surface area contributed by atoms with Gasteiger partial charge in [0.1, 0.15) is 15.5 Å². The molecule has 0 saturated carbocycles. The Hall–Kier alpha value is -0.920. The van der Waals surface area contributed by atoms with Crippen molar-refractivity contribution in [2.45, 2.75) is 19.2 Å². The summed E-state index contributed by atoms with van der Waals surface area (Å²) in [5.41, 5.74) is 3.15. The Kier molecular flexibility index (Phi) is 4.24. The maximum Gasteiger partial charge on any atom is 0.305 e. The summed E-state index contributed by atoms with van der Waals surface area (Å²) in [6.45, 7) is 6.27. The molecule has 0 rings (SSSR count). The van der Waals surface area contributed by atoms with Crippen LogP contribution in [0.25, 0.3) is 0 Å². The van der Waals surface area contributed by atoms with E-state index in [0.29, 0.717) is 0 Å². The predicted molar refractivity (Wildman–Crippen MR) is 48.5 cm³/mol. The quantitative estimate of drug-likeness (QED) is 0.439. The third-order valence-electron chi connectivity index (χ3n) is 1.51. The van der Waals surface area contributed by atoms with Crippen molar-refractivity contribution in [3.8, 4) is 0 Å². The van der Waals surface area contributed by atoms with Crippen molar-refractivity contribution in [3.63, 3.8) is 0 Å². The van der Waals surface area contributed by atoms with Crippen LogP contribution in [-0.2, 0) is 14.9 Å². The fourth-order valence-electron chi connectivity index (χ4n) is 0.803. The summed E-state index contributed by atoms with van der Waals surface area (Å²) >= 11 is 0. The summed E-state index contributed by atoms with van der Waals surface area (Å²) in [6, 6.07) is 0. The van der Waals surface area contributed by atoms with E-state index in [4.69, 9.17) is 0 Å². The van der Waals surface area contributed by atoms with Gasteiger partial charge in [-0.05, 0) is 12.5 Å². The second kappa shape index (κ2) is 4.54. The van der Waals surface area contributed by atoms with Gasteiger partial charge in [0.2, 0.25) is 0 Å². The van der Waals surface area contributed by atoms with Gasteiger partial charge in [-0.1, -0.05) is 13.8 Å². The lowest BCUT2D eigenvalue weighted by Crippen LogP contribution is -2.56. The zero-order chi connectivity index (χ0) is 11.5. The molecule has 14 heavy (non-hydrogen) atoms. The van der Waals surface area contributed by atoms with Crippen LogP contribution in [-0.4, -0.2) is 24.3 Å². The molecule has 0 bridgehead atoms. The van der Waals surface area contributed by atoms with Gasteiger partial charge < -0.3 is 15.6 Å². The number of carbonyl (C=O) groups excluding carboxylic acids is 1. The minimum Gasteiger partial charge on any atom is -0.746 e. The van der Waals surface area contributed by atoms with Crippen molar-refractivity contribution in [2.24, 2.45) is 5.92 Å². The lowest BCUT2D eigenvalue weighted by atomic mass is 10.2. The van der Waals surface area contributed by atoms with E-state index < -0.39 is 27.3 Å². The van der Waals surface area contributed by atoms with Gasteiger partial charge in [0, 0.05) is 0 Å². The van der Waals surface area contributed by atoms with Crippen LogP contribution in [0.3, 0.4) is 0 Å². The van der Waals surface area contributed by atoms with E-state index in [9.17, 15) is 17.8 Å². The summed E-state index contributed by atoms with van der Waals surface area (Å²) in [4.78, 5) is 11.0. The van der Waals surface area contributed by atoms with Crippen molar-refractivity contribution < 1.29 is 23.5 Å². The smallest absolute Gasteiger partial charge is 0.305 e. The zero-order valence-corrected chi connectivity index (χ0v) is 8.93. The Morgan fingerprint density at radius 2 is 1.93 bits per heavy atom. The summed E-state index contributed by atoms with van der Waals surface area (Å²) < 4.78 is 32.1. The van der Waals surface area contributed by atoms with E-state index >= 15 is 0 Å². The highest BCUT2D eigenvalue weighted by molar-refractivity contribution is 7.86. The molecule has 0 aromatic heterocycles. The average Bonchev–Trinajstić information content (AvgIpc) is 1.96. The number of quaternary nitrogens is 1. The SMILES string of the molecule is C=C([NH3+])C(=O)NC(C(C)C)S(=O)(=O)[O-]. The number of nitrogens with one attached hydrogen (secondary N) is 1. The van der Waals surface area contributed by atoms with Crippen molar-refractivity contribution in [1.29, 1.82) is 0 Å². The maximum atomic E-state index is 11.0. The molecule has 0 saturated heterocycles. The highest BCUT2D eigenvalue weighted by Crippen LogP contribution is 2.07. The lowest BCUT2D eigenvalue weighted by Gasteiger charge is -2.24. The average molecular weight is 222 g/mol. The topological polar surface area (TPSA) is 114 Å². The van der Waals surface area contributed by atoms with E-state index in [-0.39, 0.29) is 5.70 Å². The standard InChI is InChI=1S/C7H14N2O4S/c1-4(2)7(14(11,12)13)9-6(10)5(3)8/h4,7H,3,8H2,1-2H3,(H,9,10)(H,11,12,13). The third-order valence-corrected chi connectivity index (χ3v) is 2.80. The van der Waals surface area contributed by atoms with Crippen LogP contribution in [0.15, 0.2) is 12.3 Å². The molecule has 0 aliphatic rings. The van der Waals surface area contributed by atoms with E-state index in [0.717, 1.165) is 0 Å². The highest BCUT2D eigenvalue weighted by atomic mass is 32.2. The molecule has 6 nitrogen and oxygen atoms in total. The van der Waals surface area contributed by atoms with E-state index in [1.165, 1.54) is 13.8 Å². The van der Waals surface area contributed by atoms with Crippen LogP contribution in [0.1, 0.15) is 13.8 Å². The molecule has 0 aliphatic carbocycles. The van der Waals surface area contributed by atoms with Crippen LogP contribution >= 0.6 is 0 Å². The molecular formula is C7H14N2O4S. The Bertz CT molecular complexity index is 334. The summed E-state index contributed by atoms with van der Waals surface area (Å²) in [5, 5.41) is 0.618. The maximum absolute atomic E-state index is 11.0. The Balaban J connectivity index is 4.74. The molecule has 82 valence electrons. The molecule has 0 fully saturated rings. The summed E-state index contributed by atoms with van der Waals surface area (Å²) in [6.07, 6.45) is 0. The van der Waals surface area contributed by atoms with Crippen molar-refractivity contribution in [3.05, 3.63) is 12.3 Å². The zero-order valence-electron chi connectivity index (χ0n) is 8.11. The molecule has 0 spiro atoms. The monoisotopic (exact) mass is 222 g/mol. The van der Waals surface area contributed by atoms with Crippen LogP contribution in [0, 0.1) is 5.92 Å². The van der Waals surface area contributed by atoms with Crippen molar-refractivity contribution >= 4 is 16.0 Å². The van der Waals surface area contributed by atoms with Gasteiger partial charge in [-0.2, -0.15) is 0 Å². The minimum absolute atomic E-state index is 0.0840. The number of rotatable bonds is 4. The number of amides is 1. The number of hydrogen-bond donors (Lipinski definition) is 2. The van der Waals surface area contributed by atoms with Gasteiger partial charge in [-0.3, -0.25) is 4.79 Å². The first-order valence-electron chi connectivity index (χ1n) is 3.92. The van der Waals surface area contributed by atoms with E-state index in [2.05, 4.69) is 17.6 Å². The van der Waals surface area contributed by atoms with Crippen LogP contribution in [0.5, 0.6) is 0 Å². The molecule has 1 atom stereocenters. The van der Waals surface area contributed by atoms with Crippen LogP contribution in [0.2, 0.25) is 0 Å².